The smallest absolute Gasteiger partial charge is 0.322 e. The van der Waals surface area contributed by atoms with Gasteiger partial charge in [-0.25, -0.2) is 0 Å². The largest absolute Gasteiger partial charge is 0.468 e. The lowest BCUT2D eigenvalue weighted by Crippen LogP contribution is -2.34. The molecule has 0 amide bonds. The zero-order chi connectivity index (χ0) is 14.4. The Kier molecular flexibility index (Phi) is 4.91. The maximum Gasteiger partial charge on any atom is 0.322 e. The molecule has 0 saturated carbocycles. The van der Waals surface area contributed by atoms with E-state index in [2.05, 4.69) is 46.5 Å². The van der Waals surface area contributed by atoms with Crippen molar-refractivity contribution in [2.45, 2.75) is 19.5 Å². The fourth-order valence-electron chi connectivity index (χ4n) is 1.98. The summed E-state index contributed by atoms with van der Waals surface area (Å²) < 4.78 is 4.68. The van der Waals surface area contributed by atoms with E-state index < -0.39 is 0 Å². The number of benzene rings is 2. The van der Waals surface area contributed by atoms with E-state index in [1.807, 2.05) is 18.2 Å². The van der Waals surface area contributed by atoms with Crippen LogP contribution in [-0.4, -0.2) is 19.1 Å². The summed E-state index contributed by atoms with van der Waals surface area (Å²) in [4.78, 5) is 11.3. The molecule has 3 heteroatoms. The van der Waals surface area contributed by atoms with Crippen molar-refractivity contribution in [1.29, 1.82) is 0 Å². The van der Waals surface area contributed by atoms with E-state index in [1.54, 1.807) is 6.92 Å². The summed E-state index contributed by atoms with van der Waals surface area (Å²) in [5, 5.41) is 3.13. The van der Waals surface area contributed by atoms with Crippen molar-refractivity contribution in [2.24, 2.45) is 0 Å². The van der Waals surface area contributed by atoms with E-state index in [0.29, 0.717) is 6.54 Å². The average molecular weight is 269 g/mol. The van der Waals surface area contributed by atoms with Crippen LogP contribution in [0.4, 0.5) is 0 Å². The Bertz CT molecular complexity index is 549. The normalized spacial score (nSPS) is 11.9. The highest BCUT2D eigenvalue weighted by Crippen LogP contribution is 2.19. The number of ether oxygens (including phenoxy) is 1. The summed E-state index contributed by atoms with van der Waals surface area (Å²) in [7, 11) is 1.40. The van der Waals surface area contributed by atoms with E-state index in [0.717, 1.165) is 5.56 Å². The maximum absolute atomic E-state index is 11.3. The number of carbonyl (C=O) groups excluding carboxylic acids is 1. The third-order valence-electron chi connectivity index (χ3n) is 3.23. The van der Waals surface area contributed by atoms with Crippen molar-refractivity contribution in [1.82, 2.24) is 5.32 Å². The van der Waals surface area contributed by atoms with Gasteiger partial charge in [-0.1, -0.05) is 54.6 Å². The fourth-order valence-corrected chi connectivity index (χ4v) is 1.98. The predicted molar refractivity (Wildman–Crippen MR) is 80.2 cm³/mol. The van der Waals surface area contributed by atoms with E-state index >= 15 is 0 Å². The summed E-state index contributed by atoms with van der Waals surface area (Å²) in [6.07, 6.45) is 0. The molecule has 0 heterocycles. The van der Waals surface area contributed by atoms with Crippen LogP contribution in [0.3, 0.4) is 0 Å². The van der Waals surface area contributed by atoms with Crippen LogP contribution in [0.15, 0.2) is 54.6 Å². The number of hydrogen-bond acceptors (Lipinski definition) is 3. The molecule has 2 aromatic rings. The highest BCUT2D eigenvalue weighted by molar-refractivity contribution is 5.75. The number of carbonyl (C=O) groups is 1. The number of hydrogen-bond donors (Lipinski definition) is 1. The number of nitrogens with one attached hydrogen (secondary N) is 1. The van der Waals surface area contributed by atoms with Crippen LogP contribution in [0, 0.1) is 0 Å². The van der Waals surface area contributed by atoms with Gasteiger partial charge in [-0.2, -0.15) is 0 Å². The molecular weight excluding hydrogens is 250 g/mol. The highest BCUT2D eigenvalue weighted by Gasteiger charge is 2.11. The van der Waals surface area contributed by atoms with Crippen molar-refractivity contribution in [3.8, 4) is 11.1 Å². The van der Waals surface area contributed by atoms with Crippen LogP contribution in [0.25, 0.3) is 11.1 Å². The van der Waals surface area contributed by atoms with Gasteiger partial charge in [0, 0.05) is 6.54 Å². The van der Waals surface area contributed by atoms with Crippen molar-refractivity contribution >= 4 is 5.97 Å². The molecule has 0 fully saturated rings. The third-order valence-corrected chi connectivity index (χ3v) is 3.23. The number of rotatable bonds is 5. The minimum absolute atomic E-state index is 0.245. The summed E-state index contributed by atoms with van der Waals surface area (Å²) in [6.45, 7) is 2.44. The molecule has 3 nitrogen and oxygen atoms in total. The highest BCUT2D eigenvalue weighted by atomic mass is 16.5. The Balaban J connectivity index is 1.97. The standard InChI is InChI=1S/C17H19NO2/c1-13(17(19)20-2)18-12-14-8-10-16(11-9-14)15-6-4-3-5-7-15/h3-11,13,18H,12H2,1-2H3/t13-/m0/s1. The molecule has 0 saturated heterocycles. The van der Waals surface area contributed by atoms with E-state index in [4.69, 9.17) is 0 Å². The first-order valence-corrected chi connectivity index (χ1v) is 6.66. The van der Waals surface area contributed by atoms with Gasteiger partial charge in [-0.3, -0.25) is 4.79 Å². The Hall–Kier alpha value is -2.13. The van der Waals surface area contributed by atoms with E-state index in [1.165, 1.54) is 18.2 Å². The van der Waals surface area contributed by atoms with Crippen LogP contribution in [0.5, 0.6) is 0 Å². The molecule has 0 aromatic heterocycles. The second-order valence-corrected chi connectivity index (χ2v) is 4.69. The van der Waals surface area contributed by atoms with Crippen LogP contribution >= 0.6 is 0 Å². The molecule has 0 radical (unpaired) electrons. The monoisotopic (exact) mass is 269 g/mol. The van der Waals surface area contributed by atoms with E-state index in [-0.39, 0.29) is 12.0 Å². The molecule has 0 unspecified atom stereocenters. The van der Waals surface area contributed by atoms with Gasteiger partial charge in [0.15, 0.2) is 0 Å². The predicted octanol–water partition coefficient (Wildman–Crippen LogP) is 3.00. The molecule has 104 valence electrons. The van der Waals surface area contributed by atoms with Gasteiger partial charge in [-0.15, -0.1) is 0 Å². The second kappa shape index (κ2) is 6.87. The molecule has 0 spiro atoms. The molecular formula is C17H19NO2. The van der Waals surface area contributed by atoms with Crippen LogP contribution < -0.4 is 5.32 Å². The van der Waals surface area contributed by atoms with Gasteiger partial charge in [-0.05, 0) is 23.6 Å². The lowest BCUT2D eigenvalue weighted by Gasteiger charge is -2.11. The molecule has 0 aliphatic carbocycles. The third kappa shape index (κ3) is 3.68. The van der Waals surface area contributed by atoms with Crippen molar-refractivity contribution in [3.63, 3.8) is 0 Å². The van der Waals surface area contributed by atoms with Crippen molar-refractivity contribution in [3.05, 3.63) is 60.2 Å². The van der Waals surface area contributed by atoms with E-state index in [9.17, 15) is 4.79 Å². The van der Waals surface area contributed by atoms with Crippen molar-refractivity contribution < 1.29 is 9.53 Å². The van der Waals surface area contributed by atoms with Gasteiger partial charge >= 0.3 is 5.97 Å². The molecule has 0 bridgehead atoms. The summed E-state index contributed by atoms with van der Waals surface area (Å²) in [6, 6.07) is 18.3. The Morgan fingerprint density at radius 3 is 2.25 bits per heavy atom. The molecule has 2 rings (SSSR count). The number of esters is 1. The van der Waals surface area contributed by atoms with Gasteiger partial charge in [0.25, 0.3) is 0 Å². The molecule has 20 heavy (non-hydrogen) atoms. The first-order valence-electron chi connectivity index (χ1n) is 6.66. The molecule has 0 aliphatic rings. The topological polar surface area (TPSA) is 38.3 Å². The van der Waals surface area contributed by atoms with Gasteiger partial charge in [0.1, 0.15) is 6.04 Å². The van der Waals surface area contributed by atoms with Crippen LogP contribution in [0.2, 0.25) is 0 Å². The summed E-state index contributed by atoms with van der Waals surface area (Å²) in [5.41, 5.74) is 3.53. The summed E-state index contributed by atoms with van der Waals surface area (Å²) in [5.74, 6) is -0.245. The SMILES string of the molecule is COC(=O)[C@H](C)NCc1ccc(-c2ccccc2)cc1. The maximum atomic E-state index is 11.3. The zero-order valence-corrected chi connectivity index (χ0v) is 11.8. The Morgan fingerprint density at radius 2 is 1.65 bits per heavy atom. The second-order valence-electron chi connectivity index (χ2n) is 4.69. The quantitative estimate of drug-likeness (QED) is 0.848. The number of methoxy groups -OCH3 is 1. The molecule has 2 aromatic carbocycles. The molecule has 0 aliphatic heterocycles. The molecule has 1 N–H and O–H groups in total. The lowest BCUT2D eigenvalue weighted by atomic mass is 10.0. The zero-order valence-electron chi connectivity index (χ0n) is 11.8. The summed E-state index contributed by atoms with van der Waals surface area (Å²) >= 11 is 0. The molecule has 1 atom stereocenters. The minimum atomic E-state index is -0.297. The van der Waals surface area contributed by atoms with Crippen molar-refractivity contribution in [2.75, 3.05) is 7.11 Å². The van der Waals surface area contributed by atoms with Crippen LogP contribution in [-0.2, 0) is 16.1 Å². The Morgan fingerprint density at radius 1 is 1.05 bits per heavy atom. The lowest BCUT2D eigenvalue weighted by molar-refractivity contribution is -0.142. The fraction of sp³-hybridized carbons (Fsp3) is 0.235. The first kappa shape index (κ1) is 14.3. The van der Waals surface area contributed by atoms with Gasteiger partial charge in [0.05, 0.1) is 7.11 Å². The van der Waals surface area contributed by atoms with Crippen LogP contribution in [0.1, 0.15) is 12.5 Å². The average Bonchev–Trinajstić information content (AvgIpc) is 2.53. The van der Waals surface area contributed by atoms with Gasteiger partial charge in [0.2, 0.25) is 0 Å². The van der Waals surface area contributed by atoms with Gasteiger partial charge < -0.3 is 10.1 Å². The minimum Gasteiger partial charge on any atom is -0.468 e. The first-order chi connectivity index (χ1) is 9.70. The Labute approximate surface area is 119 Å².